The van der Waals surface area contributed by atoms with Crippen LogP contribution in [0.5, 0.6) is 0 Å². The van der Waals surface area contributed by atoms with Gasteiger partial charge in [-0.15, -0.1) is 0 Å². The SMILES string of the molecule is CN(c1cc(C(C)(C)C)nc(SCc2cccc(C(=O)[O-])c2)n1)C1CCCCC1. The largest absolute Gasteiger partial charge is 0.545 e. The molecule has 0 N–H and O–H groups in total. The van der Waals surface area contributed by atoms with Gasteiger partial charge in [-0.05, 0) is 30.0 Å². The van der Waals surface area contributed by atoms with E-state index in [0.717, 1.165) is 22.2 Å². The predicted octanol–water partition coefficient (Wildman–Crippen LogP) is 4.20. The minimum absolute atomic E-state index is 0.0741. The number of nitrogens with zero attached hydrogens (tertiary/aromatic N) is 3. The Bertz CT molecular complexity index is 857. The van der Waals surface area contributed by atoms with Gasteiger partial charge in [0.05, 0.1) is 11.7 Å². The third kappa shape index (κ3) is 5.72. The van der Waals surface area contributed by atoms with E-state index in [1.54, 1.807) is 30.0 Å². The molecule has 0 spiro atoms. The first-order chi connectivity index (χ1) is 13.7. The molecule has 29 heavy (non-hydrogen) atoms. The third-order valence-corrected chi connectivity index (χ3v) is 6.39. The molecule has 0 radical (unpaired) electrons. The van der Waals surface area contributed by atoms with Crippen LogP contribution in [0.2, 0.25) is 0 Å². The average molecular weight is 413 g/mol. The van der Waals surface area contributed by atoms with Crippen LogP contribution in [0.3, 0.4) is 0 Å². The van der Waals surface area contributed by atoms with E-state index >= 15 is 0 Å². The number of carboxylic acids is 1. The molecule has 2 aromatic rings. The van der Waals surface area contributed by atoms with Gasteiger partial charge in [0.25, 0.3) is 0 Å². The van der Waals surface area contributed by atoms with Crippen molar-refractivity contribution in [1.29, 1.82) is 0 Å². The number of thioether (sulfide) groups is 1. The molecule has 0 atom stereocenters. The van der Waals surface area contributed by atoms with Crippen molar-refractivity contribution in [1.82, 2.24) is 9.97 Å². The van der Waals surface area contributed by atoms with Crippen LogP contribution < -0.4 is 10.0 Å². The van der Waals surface area contributed by atoms with Crippen molar-refractivity contribution >= 4 is 23.5 Å². The quantitative estimate of drug-likeness (QED) is 0.523. The van der Waals surface area contributed by atoms with E-state index in [1.807, 2.05) is 6.07 Å². The van der Waals surface area contributed by atoms with Crippen LogP contribution in [0, 0.1) is 0 Å². The van der Waals surface area contributed by atoms with E-state index in [2.05, 4.69) is 38.8 Å². The van der Waals surface area contributed by atoms with E-state index in [1.165, 1.54) is 32.1 Å². The molecule has 1 aromatic heterocycles. The van der Waals surface area contributed by atoms with Crippen molar-refractivity contribution in [2.24, 2.45) is 0 Å². The molecule has 0 unspecified atom stereocenters. The second kappa shape index (κ2) is 9.16. The molecule has 0 aliphatic heterocycles. The summed E-state index contributed by atoms with van der Waals surface area (Å²) in [5.41, 5.74) is 2.07. The monoisotopic (exact) mass is 412 g/mol. The first-order valence-corrected chi connectivity index (χ1v) is 11.3. The van der Waals surface area contributed by atoms with Crippen LogP contribution in [0.4, 0.5) is 5.82 Å². The summed E-state index contributed by atoms with van der Waals surface area (Å²) in [6.45, 7) is 6.49. The van der Waals surface area contributed by atoms with Gasteiger partial charge in [0.15, 0.2) is 5.16 Å². The number of carbonyl (C=O) groups is 1. The lowest BCUT2D eigenvalue weighted by atomic mass is 9.91. The van der Waals surface area contributed by atoms with Gasteiger partial charge < -0.3 is 14.8 Å². The second-order valence-electron chi connectivity index (χ2n) is 8.82. The number of hydrogen-bond donors (Lipinski definition) is 0. The van der Waals surface area contributed by atoms with Crippen molar-refractivity contribution in [2.45, 2.75) is 75.2 Å². The number of benzene rings is 1. The van der Waals surface area contributed by atoms with Crippen molar-refractivity contribution in [3.63, 3.8) is 0 Å². The summed E-state index contributed by atoms with van der Waals surface area (Å²) in [7, 11) is 2.14. The molecule has 1 aliphatic rings. The Balaban J connectivity index is 1.83. The maximum Gasteiger partial charge on any atom is 0.190 e. The van der Waals surface area contributed by atoms with Crippen LogP contribution in [0.25, 0.3) is 0 Å². The first kappa shape index (κ1) is 21.6. The topological polar surface area (TPSA) is 69.2 Å². The van der Waals surface area contributed by atoms with Crippen LogP contribution in [0.1, 0.15) is 74.5 Å². The Morgan fingerprint density at radius 3 is 2.55 bits per heavy atom. The molecule has 1 aliphatic carbocycles. The normalized spacial score (nSPS) is 15.3. The average Bonchev–Trinajstić information content (AvgIpc) is 2.71. The molecule has 5 nitrogen and oxygen atoms in total. The molecular formula is C23H30N3O2S-. The van der Waals surface area contributed by atoms with E-state index in [4.69, 9.17) is 9.97 Å². The molecule has 156 valence electrons. The number of hydrogen-bond acceptors (Lipinski definition) is 6. The first-order valence-electron chi connectivity index (χ1n) is 10.3. The highest BCUT2D eigenvalue weighted by Gasteiger charge is 2.23. The van der Waals surface area contributed by atoms with Crippen LogP contribution in [-0.4, -0.2) is 29.0 Å². The van der Waals surface area contributed by atoms with Gasteiger partial charge in [-0.2, -0.15) is 0 Å². The number of aromatic carboxylic acids is 1. The molecule has 0 amide bonds. The lowest BCUT2D eigenvalue weighted by Gasteiger charge is -2.33. The van der Waals surface area contributed by atoms with Gasteiger partial charge in [0, 0.05) is 30.3 Å². The van der Waals surface area contributed by atoms with Crippen LogP contribution >= 0.6 is 11.8 Å². The highest BCUT2D eigenvalue weighted by molar-refractivity contribution is 7.98. The molecule has 3 rings (SSSR count). The summed E-state index contributed by atoms with van der Waals surface area (Å²) >= 11 is 1.54. The number of carboxylic acid groups (broad SMARTS) is 1. The minimum Gasteiger partial charge on any atom is -0.545 e. The van der Waals surface area contributed by atoms with Crippen molar-refractivity contribution < 1.29 is 9.90 Å². The van der Waals surface area contributed by atoms with Gasteiger partial charge in [0.1, 0.15) is 5.82 Å². The van der Waals surface area contributed by atoms with Gasteiger partial charge in [-0.1, -0.05) is 70.0 Å². The number of carbonyl (C=O) groups excluding carboxylic acids is 1. The molecule has 1 fully saturated rings. The van der Waals surface area contributed by atoms with E-state index in [9.17, 15) is 9.90 Å². The summed E-state index contributed by atoms with van der Waals surface area (Å²) < 4.78 is 0. The van der Waals surface area contributed by atoms with Gasteiger partial charge >= 0.3 is 0 Å². The lowest BCUT2D eigenvalue weighted by molar-refractivity contribution is -0.255. The Kier molecular flexibility index (Phi) is 6.83. The summed E-state index contributed by atoms with van der Waals surface area (Å²) in [5, 5.41) is 11.8. The number of anilines is 1. The van der Waals surface area contributed by atoms with Crippen molar-refractivity contribution in [3.8, 4) is 0 Å². The van der Waals surface area contributed by atoms with Gasteiger partial charge in [-0.3, -0.25) is 0 Å². The summed E-state index contributed by atoms with van der Waals surface area (Å²) in [6.07, 6.45) is 6.31. The molecule has 0 saturated heterocycles. The standard InChI is InChI=1S/C23H31N3O2S/c1-23(2,3)19-14-20(26(4)18-11-6-5-7-12-18)25-22(24-19)29-15-16-9-8-10-17(13-16)21(27)28/h8-10,13-14,18H,5-7,11-12,15H2,1-4H3,(H,27,28)/p-1. The summed E-state index contributed by atoms with van der Waals surface area (Å²) in [5.74, 6) is 0.434. The zero-order chi connectivity index (χ0) is 21.0. The Hall–Kier alpha value is -2.08. The maximum absolute atomic E-state index is 11.1. The predicted molar refractivity (Wildman–Crippen MR) is 116 cm³/mol. The number of rotatable bonds is 6. The van der Waals surface area contributed by atoms with E-state index in [-0.39, 0.29) is 11.0 Å². The third-order valence-electron chi connectivity index (χ3n) is 5.47. The maximum atomic E-state index is 11.1. The minimum atomic E-state index is -1.15. The Labute approximate surface area is 178 Å². The Morgan fingerprint density at radius 2 is 1.90 bits per heavy atom. The summed E-state index contributed by atoms with van der Waals surface area (Å²) in [4.78, 5) is 23.1. The highest BCUT2D eigenvalue weighted by atomic mass is 32.2. The fourth-order valence-electron chi connectivity index (χ4n) is 3.63. The lowest BCUT2D eigenvalue weighted by Crippen LogP contribution is -2.34. The molecule has 1 aromatic carbocycles. The smallest absolute Gasteiger partial charge is 0.190 e. The Morgan fingerprint density at radius 1 is 1.17 bits per heavy atom. The van der Waals surface area contributed by atoms with Crippen molar-refractivity contribution in [2.75, 3.05) is 11.9 Å². The van der Waals surface area contributed by atoms with Crippen molar-refractivity contribution in [3.05, 3.63) is 47.2 Å². The molecule has 1 heterocycles. The molecule has 6 heteroatoms. The molecule has 0 bridgehead atoms. The van der Waals surface area contributed by atoms with Gasteiger partial charge in [0.2, 0.25) is 0 Å². The second-order valence-corrected chi connectivity index (χ2v) is 9.77. The van der Waals surface area contributed by atoms with Crippen LogP contribution in [0.15, 0.2) is 35.5 Å². The van der Waals surface area contributed by atoms with E-state index in [0.29, 0.717) is 11.8 Å². The fourth-order valence-corrected chi connectivity index (χ4v) is 4.43. The summed E-state index contributed by atoms with van der Waals surface area (Å²) in [6, 6.07) is 9.53. The van der Waals surface area contributed by atoms with Gasteiger partial charge in [-0.25, -0.2) is 9.97 Å². The highest BCUT2D eigenvalue weighted by Crippen LogP contribution is 2.31. The van der Waals surface area contributed by atoms with Crippen LogP contribution in [-0.2, 0) is 11.2 Å². The molecule has 1 saturated carbocycles. The molecular weight excluding hydrogens is 382 g/mol. The fraction of sp³-hybridized carbons (Fsp3) is 0.522. The van der Waals surface area contributed by atoms with E-state index < -0.39 is 5.97 Å². The zero-order valence-corrected chi connectivity index (χ0v) is 18.6. The number of aromatic nitrogens is 2. The zero-order valence-electron chi connectivity index (χ0n) is 17.8.